The smallest absolute Gasteiger partial charge is 0.414 e. The molecule has 30 heavy (non-hydrogen) atoms. The molecule has 1 aliphatic rings. The molecule has 0 aliphatic carbocycles. The SMILES string of the molecule is CCCCNC(=O)[C@H]1Cc2c(OC)cccc2N1C(=O)[C@@H](N)CC.O=C(O)C(=O)O. The fourth-order valence-electron chi connectivity index (χ4n) is 2.97. The summed E-state index contributed by atoms with van der Waals surface area (Å²) in [5.74, 6) is -3.32. The maximum Gasteiger partial charge on any atom is 0.414 e. The Morgan fingerprint density at radius 2 is 1.87 bits per heavy atom. The quantitative estimate of drug-likeness (QED) is 0.369. The average molecular weight is 423 g/mol. The Bertz CT molecular complexity index is 770. The van der Waals surface area contributed by atoms with Crippen LogP contribution in [0.1, 0.15) is 38.7 Å². The van der Waals surface area contributed by atoms with E-state index < -0.39 is 24.0 Å². The van der Waals surface area contributed by atoms with Crippen molar-refractivity contribution in [3.8, 4) is 5.75 Å². The number of amides is 2. The van der Waals surface area contributed by atoms with Gasteiger partial charge in [-0.3, -0.25) is 14.5 Å². The van der Waals surface area contributed by atoms with Gasteiger partial charge in [0.25, 0.3) is 0 Å². The van der Waals surface area contributed by atoms with Gasteiger partial charge in [0.1, 0.15) is 11.8 Å². The van der Waals surface area contributed by atoms with E-state index in [2.05, 4.69) is 12.2 Å². The zero-order valence-corrected chi connectivity index (χ0v) is 17.4. The summed E-state index contributed by atoms with van der Waals surface area (Å²) in [5.41, 5.74) is 7.56. The molecule has 1 aromatic carbocycles. The molecule has 0 bridgehead atoms. The molecule has 0 unspecified atom stereocenters. The molecule has 0 aromatic heterocycles. The molecule has 2 amide bonds. The van der Waals surface area contributed by atoms with Crippen LogP contribution in [-0.2, 0) is 25.6 Å². The maximum absolute atomic E-state index is 12.8. The van der Waals surface area contributed by atoms with Gasteiger partial charge >= 0.3 is 11.9 Å². The summed E-state index contributed by atoms with van der Waals surface area (Å²) in [6, 6.07) is 4.33. The number of nitrogens with two attached hydrogens (primary N) is 1. The highest BCUT2D eigenvalue weighted by Gasteiger charge is 2.40. The zero-order valence-electron chi connectivity index (χ0n) is 17.4. The number of methoxy groups -OCH3 is 1. The Hall–Kier alpha value is -3.14. The van der Waals surface area contributed by atoms with Gasteiger partial charge in [0.15, 0.2) is 0 Å². The van der Waals surface area contributed by atoms with Gasteiger partial charge in [-0.25, -0.2) is 9.59 Å². The molecule has 0 saturated carbocycles. The lowest BCUT2D eigenvalue weighted by Crippen LogP contribution is -2.53. The van der Waals surface area contributed by atoms with E-state index in [0.717, 1.165) is 24.1 Å². The van der Waals surface area contributed by atoms with Crippen LogP contribution in [0.4, 0.5) is 5.69 Å². The van der Waals surface area contributed by atoms with E-state index >= 15 is 0 Å². The van der Waals surface area contributed by atoms with E-state index in [1.165, 1.54) is 0 Å². The van der Waals surface area contributed by atoms with Crippen LogP contribution in [0.5, 0.6) is 5.75 Å². The van der Waals surface area contributed by atoms with Crippen LogP contribution in [0.25, 0.3) is 0 Å². The molecule has 5 N–H and O–H groups in total. The lowest BCUT2D eigenvalue weighted by atomic mass is 10.1. The van der Waals surface area contributed by atoms with Crippen LogP contribution in [0.2, 0.25) is 0 Å². The average Bonchev–Trinajstić information content (AvgIpc) is 3.12. The number of carboxylic acids is 2. The van der Waals surface area contributed by atoms with Crippen LogP contribution in [-0.4, -0.2) is 59.7 Å². The number of benzene rings is 1. The topological polar surface area (TPSA) is 159 Å². The second-order valence-electron chi connectivity index (χ2n) is 6.66. The van der Waals surface area contributed by atoms with Crippen molar-refractivity contribution in [3.63, 3.8) is 0 Å². The molecule has 10 heteroatoms. The van der Waals surface area contributed by atoms with Gasteiger partial charge in [-0.2, -0.15) is 0 Å². The van der Waals surface area contributed by atoms with Crippen molar-refractivity contribution in [2.24, 2.45) is 5.73 Å². The second-order valence-corrected chi connectivity index (χ2v) is 6.66. The molecule has 1 heterocycles. The van der Waals surface area contributed by atoms with Crippen LogP contribution in [0.15, 0.2) is 18.2 Å². The first-order valence-corrected chi connectivity index (χ1v) is 9.67. The number of rotatable bonds is 7. The summed E-state index contributed by atoms with van der Waals surface area (Å²) in [6.45, 7) is 4.54. The van der Waals surface area contributed by atoms with Crippen LogP contribution in [0.3, 0.4) is 0 Å². The molecule has 166 valence electrons. The number of hydrogen-bond acceptors (Lipinski definition) is 6. The number of unbranched alkanes of at least 4 members (excludes halogenated alkanes) is 1. The Kier molecular flexibility index (Phi) is 9.76. The van der Waals surface area contributed by atoms with Gasteiger partial charge in [-0.15, -0.1) is 0 Å². The summed E-state index contributed by atoms with van der Waals surface area (Å²) in [6.07, 6.45) is 2.89. The van der Waals surface area contributed by atoms with E-state index in [4.69, 9.17) is 30.3 Å². The standard InChI is InChI=1S/C18H27N3O3.C2H2O4/c1-4-6-10-20-17(22)15-11-12-14(8-7-9-16(12)24-3)21(15)18(23)13(19)5-2;3-1(4)2(5)6/h7-9,13,15H,4-6,10-11,19H2,1-3H3,(H,20,22);(H,3,4)(H,5,6)/t13-,15+;/m0./s1. The molecular weight excluding hydrogens is 394 g/mol. The van der Waals surface area contributed by atoms with Gasteiger partial charge in [-0.1, -0.05) is 26.3 Å². The third-order valence-corrected chi connectivity index (χ3v) is 4.61. The van der Waals surface area contributed by atoms with Crippen molar-refractivity contribution in [2.45, 2.75) is 51.6 Å². The first-order valence-electron chi connectivity index (χ1n) is 9.67. The predicted molar refractivity (Wildman–Crippen MR) is 109 cm³/mol. The number of fused-ring (bicyclic) bond motifs is 1. The molecule has 1 aliphatic heterocycles. The number of hydrogen-bond donors (Lipinski definition) is 4. The highest BCUT2D eigenvalue weighted by atomic mass is 16.5. The third-order valence-electron chi connectivity index (χ3n) is 4.61. The third kappa shape index (κ3) is 6.18. The fourth-order valence-corrected chi connectivity index (χ4v) is 2.97. The number of carboxylic acid groups (broad SMARTS) is 2. The highest BCUT2D eigenvalue weighted by Crippen LogP contribution is 2.38. The first-order chi connectivity index (χ1) is 14.2. The number of nitrogens with zero attached hydrogens (tertiary/aromatic N) is 1. The highest BCUT2D eigenvalue weighted by molar-refractivity contribution is 6.27. The Morgan fingerprint density at radius 1 is 1.23 bits per heavy atom. The Morgan fingerprint density at radius 3 is 2.37 bits per heavy atom. The number of carbonyl (C=O) groups is 4. The van der Waals surface area contributed by atoms with Gasteiger partial charge in [0, 0.05) is 18.5 Å². The van der Waals surface area contributed by atoms with Gasteiger partial charge in [-0.05, 0) is 25.0 Å². The summed E-state index contributed by atoms with van der Waals surface area (Å²) < 4.78 is 5.40. The van der Waals surface area contributed by atoms with E-state index in [1.807, 2.05) is 25.1 Å². The molecule has 2 rings (SSSR count). The summed E-state index contributed by atoms with van der Waals surface area (Å²) in [4.78, 5) is 45.1. The number of anilines is 1. The summed E-state index contributed by atoms with van der Waals surface area (Å²) in [5, 5.41) is 17.7. The van der Waals surface area contributed by atoms with E-state index in [0.29, 0.717) is 25.1 Å². The van der Waals surface area contributed by atoms with Gasteiger partial charge in [0.2, 0.25) is 11.8 Å². The lowest BCUT2D eigenvalue weighted by molar-refractivity contribution is -0.159. The molecule has 0 saturated heterocycles. The molecule has 0 spiro atoms. The lowest BCUT2D eigenvalue weighted by Gasteiger charge is -2.27. The predicted octanol–water partition coefficient (Wildman–Crippen LogP) is 0.762. The van der Waals surface area contributed by atoms with Crippen molar-refractivity contribution in [1.29, 1.82) is 0 Å². The summed E-state index contributed by atoms with van der Waals surface area (Å²) >= 11 is 0. The second kappa shape index (κ2) is 11.8. The van der Waals surface area contributed by atoms with Crippen molar-refractivity contribution in [3.05, 3.63) is 23.8 Å². The van der Waals surface area contributed by atoms with Crippen molar-refractivity contribution >= 4 is 29.4 Å². The molecule has 0 radical (unpaired) electrons. The first kappa shape index (κ1) is 24.9. The molecule has 2 atom stereocenters. The minimum absolute atomic E-state index is 0.140. The number of ether oxygens (including phenoxy) is 1. The van der Waals surface area contributed by atoms with E-state index in [1.54, 1.807) is 12.0 Å². The Balaban J connectivity index is 0.000000656. The normalized spacial score (nSPS) is 15.3. The maximum atomic E-state index is 12.8. The number of carbonyl (C=O) groups excluding carboxylic acids is 2. The largest absolute Gasteiger partial charge is 0.496 e. The molecule has 1 aromatic rings. The zero-order chi connectivity index (χ0) is 22.8. The van der Waals surface area contributed by atoms with Crippen LogP contribution in [0, 0.1) is 0 Å². The van der Waals surface area contributed by atoms with Crippen molar-refractivity contribution < 1.29 is 34.1 Å². The minimum atomic E-state index is -1.82. The molecule has 0 fully saturated rings. The van der Waals surface area contributed by atoms with Crippen molar-refractivity contribution in [1.82, 2.24) is 5.32 Å². The summed E-state index contributed by atoms with van der Waals surface area (Å²) in [7, 11) is 1.59. The fraction of sp³-hybridized carbons (Fsp3) is 0.500. The number of aliphatic carboxylic acids is 2. The minimum Gasteiger partial charge on any atom is -0.496 e. The van der Waals surface area contributed by atoms with Gasteiger partial charge in [0.05, 0.1) is 18.8 Å². The van der Waals surface area contributed by atoms with E-state index in [-0.39, 0.29) is 11.8 Å². The monoisotopic (exact) mass is 423 g/mol. The van der Waals surface area contributed by atoms with Crippen LogP contribution < -0.4 is 20.7 Å². The van der Waals surface area contributed by atoms with Crippen LogP contribution >= 0.6 is 0 Å². The van der Waals surface area contributed by atoms with Crippen molar-refractivity contribution in [2.75, 3.05) is 18.6 Å². The van der Waals surface area contributed by atoms with E-state index in [9.17, 15) is 9.59 Å². The Labute approximate surface area is 175 Å². The molecular formula is C20H29N3O7. The number of nitrogens with one attached hydrogen (secondary N) is 1. The van der Waals surface area contributed by atoms with Gasteiger partial charge < -0.3 is 26.0 Å². The molecule has 10 nitrogen and oxygen atoms in total.